The molecule has 2 atom stereocenters. The number of fused-ring (bicyclic) bond motifs is 2. The van der Waals surface area contributed by atoms with Crippen LogP contribution in [0.2, 0.25) is 0 Å². The molecule has 0 amide bonds. The Bertz CT molecular complexity index is 369. The van der Waals surface area contributed by atoms with E-state index in [1.165, 1.54) is 12.1 Å². The van der Waals surface area contributed by atoms with Crippen LogP contribution in [-0.2, 0) is 0 Å². The quantitative estimate of drug-likeness (QED) is 0.769. The normalized spacial score (nSPS) is 28.5. The summed E-state index contributed by atoms with van der Waals surface area (Å²) in [5, 5.41) is 3.49. The molecule has 3 heterocycles. The lowest BCUT2D eigenvalue weighted by Gasteiger charge is -2.29. The van der Waals surface area contributed by atoms with Gasteiger partial charge in [-0.15, -0.1) is 0 Å². The van der Waals surface area contributed by atoms with Crippen molar-refractivity contribution in [2.24, 2.45) is 0 Å². The second kappa shape index (κ2) is 3.38. The van der Waals surface area contributed by atoms with Crippen molar-refractivity contribution in [1.29, 1.82) is 0 Å². The van der Waals surface area contributed by atoms with E-state index in [0.29, 0.717) is 12.1 Å². The zero-order chi connectivity index (χ0) is 10.3. The molecule has 2 fully saturated rings. The number of hydrogen-bond acceptors (Lipinski definition) is 4. The predicted molar refractivity (Wildman–Crippen MR) is 58.3 cm³/mol. The number of ether oxygens (including phenoxy) is 1. The maximum Gasteiger partial charge on any atom is 0.139 e. The molecule has 0 saturated carbocycles. The molecule has 1 N–H and O–H groups in total. The van der Waals surface area contributed by atoms with Gasteiger partial charge < -0.3 is 15.0 Å². The Morgan fingerprint density at radius 2 is 2.47 bits per heavy atom. The Labute approximate surface area is 89.3 Å². The third-order valence-corrected chi connectivity index (χ3v) is 3.32. The van der Waals surface area contributed by atoms with Crippen molar-refractivity contribution in [3.63, 3.8) is 0 Å². The molecule has 3 rings (SSSR count). The first kappa shape index (κ1) is 8.97. The lowest BCUT2D eigenvalue weighted by molar-refractivity contribution is 0.412. The van der Waals surface area contributed by atoms with Gasteiger partial charge in [-0.1, -0.05) is 0 Å². The van der Waals surface area contributed by atoms with E-state index >= 15 is 0 Å². The van der Waals surface area contributed by atoms with Crippen LogP contribution in [0.3, 0.4) is 0 Å². The van der Waals surface area contributed by atoms with Crippen LogP contribution < -0.4 is 15.0 Å². The number of anilines is 1. The van der Waals surface area contributed by atoms with Gasteiger partial charge in [0.2, 0.25) is 0 Å². The highest BCUT2D eigenvalue weighted by Crippen LogP contribution is 2.30. The maximum atomic E-state index is 5.19. The largest absolute Gasteiger partial charge is 0.495 e. The minimum atomic E-state index is 0.643. The van der Waals surface area contributed by atoms with Gasteiger partial charge in [-0.25, -0.2) is 0 Å². The van der Waals surface area contributed by atoms with Crippen molar-refractivity contribution in [2.75, 3.05) is 25.1 Å². The molecule has 1 aromatic heterocycles. The average Bonchev–Trinajstić information content (AvgIpc) is 2.91. The summed E-state index contributed by atoms with van der Waals surface area (Å²) in [6.07, 6.45) is 4.93. The molecule has 0 aliphatic carbocycles. The standard InChI is InChI=1S/C11H15N3O/c1-15-11-3-10(4-12-6-11)14-7-8-2-9(14)5-13-8/h3-4,6,8-9,13H,2,5,7H2,1H3/t8-,9-/m0/s1. The van der Waals surface area contributed by atoms with E-state index < -0.39 is 0 Å². The highest BCUT2D eigenvalue weighted by Gasteiger charge is 2.37. The molecule has 80 valence electrons. The first-order chi connectivity index (χ1) is 7.36. The summed E-state index contributed by atoms with van der Waals surface area (Å²) in [5.74, 6) is 0.836. The number of piperazine rings is 1. The molecule has 4 heteroatoms. The fourth-order valence-electron chi connectivity index (χ4n) is 2.55. The fourth-order valence-corrected chi connectivity index (χ4v) is 2.55. The van der Waals surface area contributed by atoms with Crippen molar-refractivity contribution in [3.05, 3.63) is 18.5 Å². The smallest absolute Gasteiger partial charge is 0.139 e. The summed E-state index contributed by atoms with van der Waals surface area (Å²) < 4.78 is 5.19. The Kier molecular flexibility index (Phi) is 2.02. The van der Waals surface area contributed by atoms with Crippen LogP contribution in [0.25, 0.3) is 0 Å². The highest BCUT2D eigenvalue weighted by atomic mass is 16.5. The molecule has 4 nitrogen and oxygen atoms in total. The summed E-state index contributed by atoms with van der Waals surface area (Å²) in [7, 11) is 1.68. The Hall–Kier alpha value is -1.29. The topological polar surface area (TPSA) is 37.4 Å². The average molecular weight is 205 g/mol. The fraction of sp³-hybridized carbons (Fsp3) is 0.545. The van der Waals surface area contributed by atoms with Gasteiger partial charge in [0.25, 0.3) is 0 Å². The second-order valence-corrected chi connectivity index (χ2v) is 4.23. The number of rotatable bonds is 2. The lowest BCUT2D eigenvalue weighted by atomic mass is 10.2. The van der Waals surface area contributed by atoms with Crippen molar-refractivity contribution in [3.8, 4) is 5.75 Å². The van der Waals surface area contributed by atoms with Gasteiger partial charge in [0.05, 0.1) is 25.2 Å². The molecule has 2 saturated heterocycles. The van der Waals surface area contributed by atoms with Crippen LogP contribution in [0.15, 0.2) is 18.5 Å². The van der Waals surface area contributed by atoms with Gasteiger partial charge in [-0.2, -0.15) is 0 Å². The lowest BCUT2D eigenvalue weighted by Crippen LogP contribution is -2.43. The van der Waals surface area contributed by atoms with Crippen molar-refractivity contribution >= 4 is 5.69 Å². The molecule has 2 bridgehead atoms. The molecule has 2 aliphatic heterocycles. The van der Waals surface area contributed by atoms with Gasteiger partial charge in [0.15, 0.2) is 0 Å². The van der Waals surface area contributed by atoms with E-state index in [4.69, 9.17) is 4.74 Å². The summed E-state index contributed by atoms with van der Waals surface area (Å²) in [4.78, 5) is 6.62. The zero-order valence-corrected chi connectivity index (χ0v) is 8.81. The first-order valence-corrected chi connectivity index (χ1v) is 5.36. The zero-order valence-electron chi connectivity index (χ0n) is 8.81. The number of pyridine rings is 1. The van der Waals surface area contributed by atoms with E-state index in [9.17, 15) is 0 Å². The monoisotopic (exact) mass is 205 g/mol. The van der Waals surface area contributed by atoms with E-state index in [-0.39, 0.29) is 0 Å². The third-order valence-electron chi connectivity index (χ3n) is 3.32. The van der Waals surface area contributed by atoms with E-state index in [2.05, 4.69) is 21.3 Å². The van der Waals surface area contributed by atoms with Crippen molar-refractivity contribution in [2.45, 2.75) is 18.5 Å². The molecule has 2 aliphatic rings. The molecule has 15 heavy (non-hydrogen) atoms. The van der Waals surface area contributed by atoms with Gasteiger partial charge in [0.1, 0.15) is 5.75 Å². The van der Waals surface area contributed by atoms with E-state index in [0.717, 1.165) is 18.8 Å². The van der Waals surface area contributed by atoms with Crippen LogP contribution in [0.1, 0.15) is 6.42 Å². The molecule has 0 radical (unpaired) electrons. The predicted octanol–water partition coefficient (Wildman–Crippen LogP) is 0.641. The van der Waals surface area contributed by atoms with Gasteiger partial charge in [-0.05, 0) is 6.42 Å². The molecule has 1 aromatic rings. The highest BCUT2D eigenvalue weighted by molar-refractivity contribution is 5.51. The number of nitrogens with zero attached hydrogens (tertiary/aromatic N) is 2. The second-order valence-electron chi connectivity index (χ2n) is 4.23. The molecular weight excluding hydrogens is 190 g/mol. The molecule has 0 aromatic carbocycles. The Morgan fingerprint density at radius 1 is 1.53 bits per heavy atom. The summed E-state index contributed by atoms with van der Waals surface area (Å²) in [6.45, 7) is 2.20. The van der Waals surface area contributed by atoms with Crippen LogP contribution in [0.4, 0.5) is 5.69 Å². The molecule has 0 unspecified atom stereocenters. The van der Waals surface area contributed by atoms with Gasteiger partial charge in [0, 0.05) is 31.2 Å². The molecule has 0 spiro atoms. The van der Waals surface area contributed by atoms with Crippen molar-refractivity contribution < 1.29 is 4.74 Å². The summed E-state index contributed by atoms with van der Waals surface area (Å²) in [5.41, 5.74) is 1.18. The maximum absolute atomic E-state index is 5.19. The van der Waals surface area contributed by atoms with Crippen LogP contribution >= 0.6 is 0 Å². The minimum absolute atomic E-state index is 0.643. The summed E-state index contributed by atoms with van der Waals surface area (Å²) >= 11 is 0. The minimum Gasteiger partial charge on any atom is -0.495 e. The number of hydrogen-bond donors (Lipinski definition) is 1. The van der Waals surface area contributed by atoms with Crippen LogP contribution in [0, 0.1) is 0 Å². The van der Waals surface area contributed by atoms with Crippen LogP contribution in [0.5, 0.6) is 5.75 Å². The van der Waals surface area contributed by atoms with Crippen LogP contribution in [-0.4, -0.2) is 37.3 Å². The van der Waals surface area contributed by atoms with Gasteiger partial charge in [-0.3, -0.25) is 4.98 Å². The molecular formula is C11H15N3O. The first-order valence-electron chi connectivity index (χ1n) is 5.36. The Morgan fingerprint density at radius 3 is 3.13 bits per heavy atom. The Balaban J connectivity index is 1.86. The van der Waals surface area contributed by atoms with E-state index in [1.54, 1.807) is 13.3 Å². The SMILES string of the molecule is COc1cncc(N2C[C@@H]3C[C@H]2CN3)c1. The summed E-state index contributed by atoms with van der Waals surface area (Å²) in [6, 6.07) is 3.37. The van der Waals surface area contributed by atoms with E-state index in [1.807, 2.05) is 6.20 Å². The number of aromatic nitrogens is 1. The number of nitrogens with one attached hydrogen (secondary N) is 1. The third kappa shape index (κ3) is 1.45. The van der Waals surface area contributed by atoms with Gasteiger partial charge >= 0.3 is 0 Å². The van der Waals surface area contributed by atoms with Crippen molar-refractivity contribution in [1.82, 2.24) is 10.3 Å². The number of methoxy groups -OCH3 is 1.